The van der Waals surface area contributed by atoms with Crippen LogP contribution in [0.25, 0.3) is 0 Å². The fraction of sp³-hybridized carbons (Fsp3) is 0.556. The lowest BCUT2D eigenvalue weighted by atomic mass is 9.54. The van der Waals surface area contributed by atoms with Crippen LogP contribution < -0.4 is 10.0 Å². The fourth-order valence-electron chi connectivity index (χ4n) is 3.38. The summed E-state index contributed by atoms with van der Waals surface area (Å²) in [6.07, 6.45) is 0.901. The molecule has 1 aliphatic carbocycles. The van der Waals surface area contributed by atoms with Gasteiger partial charge in [0.25, 0.3) is 5.91 Å². The van der Waals surface area contributed by atoms with Crippen LogP contribution in [0.2, 0.25) is 0 Å². The smallest absolute Gasteiger partial charge is 0.330 e. The predicted octanol–water partition coefficient (Wildman–Crippen LogP) is 1.75. The summed E-state index contributed by atoms with van der Waals surface area (Å²) in [4.78, 5) is 24.7. The summed E-state index contributed by atoms with van der Waals surface area (Å²) in [5.74, 6) is -1.71. The van der Waals surface area contributed by atoms with E-state index in [1.807, 2.05) is 6.92 Å². The number of carboxylic acids is 1. The molecular weight excluding hydrogens is 372 g/mol. The second-order valence-electron chi connectivity index (χ2n) is 7.44. The number of amides is 1. The van der Waals surface area contributed by atoms with Crippen LogP contribution in [-0.2, 0) is 19.6 Å². The number of ether oxygens (including phenoxy) is 1. The lowest BCUT2D eigenvalue weighted by Gasteiger charge is -2.58. The second-order valence-corrected chi connectivity index (χ2v) is 9.19. The Kier molecular flexibility index (Phi) is 5.58. The van der Waals surface area contributed by atoms with Gasteiger partial charge in [-0.1, -0.05) is 19.9 Å². The van der Waals surface area contributed by atoms with Gasteiger partial charge in [0.15, 0.2) is 0 Å². The van der Waals surface area contributed by atoms with Gasteiger partial charge in [0, 0.05) is 24.0 Å². The molecule has 0 saturated heterocycles. The summed E-state index contributed by atoms with van der Waals surface area (Å²) in [6, 6.07) is 4.52. The van der Waals surface area contributed by atoms with Gasteiger partial charge in [-0.15, -0.1) is 0 Å². The summed E-state index contributed by atoms with van der Waals surface area (Å²) in [5.41, 5.74) is -1.18. The zero-order valence-electron chi connectivity index (χ0n) is 16.1. The molecule has 0 heterocycles. The van der Waals surface area contributed by atoms with Crippen LogP contribution in [0.5, 0.6) is 0 Å². The first-order valence-electron chi connectivity index (χ1n) is 8.60. The Morgan fingerprint density at radius 1 is 1.33 bits per heavy atom. The molecule has 1 aliphatic rings. The highest BCUT2D eigenvalue weighted by molar-refractivity contribution is 7.92. The number of aliphatic carboxylic acids is 1. The number of benzene rings is 1. The van der Waals surface area contributed by atoms with Crippen LogP contribution in [0.3, 0.4) is 0 Å². The maximum Gasteiger partial charge on any atom is 0.330 e. The van der Waals surface area contributed by atoms with Crippen LogP contribution >= 0.6 is 0 Å². The van der Waals surface area contributed by atoms with Gasteiger partial charge in [0.1, 0.15) is 5.54 Å². The Bertz CT molecular complexity index is 865. The number of sulfonamides is 1. The molecule has 2 atom stereocenters. The minimum absolute atomic E-state index is 0.162. The van der Waals surface area contributed by atoms with E-state index in [-0.39, 0.29) is 23.8 Å². The summed E-state index contributed by atoms with van der Waals surface area (Å²) in [6.45, 7) is 7.48. The van der Waals surface area contributed by atoms with Crippen molar-refractivity contribution in [3.63, 3.8) is 0 Å². The first-order valence-corrected chi connectivity index (χ1v) is 10.5. The monoisotopic (exact) mass is 398 g/mol. The SMILES string of the molecule is CCOC1CC(NC(=O)c2ccc(C)c(NS(C)(=O)=O)c2)(C(=O)O)C1(C)C. The van der Waals surface area contributed by atoms with Gasteiger partial charge in [0.05, 0.1) is 18.0 Å². The Labute approximate surface area is 159 Å². The zero-order chi connectivity index (χ0) is 20.6. The van der Waals surface area contributed by atoms with E-state index in [0.29, 0.717) is 12.2 Å². The van der Waals surface area contributed by atoms with Gasteiger partial charge in [-0.3, -0.25) is 9.52 Å². The molecular formula is C18H26N2O6S. The van der Waals surface area contributed by atoms with Crippen molar-refractivity contribution in [3.8, 4) is 0 Å². The third kappa shape index (κ3) is 3.93. The van der Waals surface area contributed by atoms with E-state index >= 15 is 0 Å². The summed E-state index contributed by atoms with van der Waals surface area (Å²) in [5, 5.41) is 12.4. The number of hydrogen-bond acceptors (Lipinski definition) is 5. The number of carbonyl (C=O) groups is 2. The van der Waals surface area contributed by atoms with E-state index in [1.165, 1.54) is 12.1 Å². The summed E-state index contributed by atoms with van der Waals surface area (Å²) < 4.78 is 30.9. The van der Waals surface area contributed by atoms with Gasteiger partial charge < -0.3 is 15.2 Å². The number of hydrogen-bond donors (Lipinski definition) is 3. The average molecular weight is 398 g/mol. The van der Waals surface area contributed by atoms with Crippen molar-refractivity contribution in [1.82, 2.24) is 5.32 Å². The van der Waals surface area contributed by atoms with Crippen LogP contribution in [0.4, 0.5) is 5.69 Å². The molecule has 0 aromatic heterocycles. The summed E-state index contributed by atoms with van der Waals surface area (Å²) >= 11 is 0. The molecule has 1 aromatic rings. The highest BCUT2D eigenvalue weighted by Crippen LogP contribution is 2.51. The number of nitrogens with one attached hydrogen (secondary N) is 2. The van der Waals surface area contributed by atoms with Gasteiger partial charge in [0.2, 0.25) is 10.0 Å². The minimum Gasteiger partial charge on any atom is -0.479 e. The van der Waals surface area contributed by atoms with E-state index in [0.717, 1.165) is 6.26 Å². The molecule has 8 nitrogen and oxygen atoms in total. The molecule has 0 bridgehead atoms. The van der Waals surface area contributed by atoms with Crippen LogP contribution in [0.1, 0.15) is 43.1 Å². The highest BCUT2D eigenvalue weighted by Gasteiger charge is 2.66. The number of anilines is 1. The molecule has 9 heteroatoms. The van der Waals surface area contributed by atoms with Crippen molar-refractivity contribution in [2.24, 2.45) is 5.41 Å². The molecule has 1 amide bonds. The average Bonchev–Trinajstić information content (AvgIpc) is 2.53. The molecule has 150 valence electrons. The Balaban J connectivity index is 2.30. The Hall–Kier alpha value is -2.13. The van der Waals surface area contributed by atoms with E-state index in [4.69, 9.17) is 4.74 Å². The molecule has 27 heavy (non-hydrogen) atoms. The molecule has 3 N–H and O–H groups in total. The van der Waals surface area contributed by atoms with Crippen molar-refractivity contribution in [1.29, 1.82) is 0 Å². The molecule has 2 rings (SSSR count). The molecule has 2 unspecified atom stereocenters. The van der Waals surface area contributed by atoms with Crippen LogP contribution in [-0.4, -0.2) is 49.9 Å². The van der Waals surface area contributed by atoms with E-state index in [1.54, 1.807) is 26.8 Å². The maximum atomic E-state index is 12.7. The number of carbonyl (C=O) groups excluding carboxylic acids is 1. The molecule has 0 aliphatic heterocycles. The van der Waals surface area contributed by atoms with Crippen molar-refractivity contribution >= 4 is 27.6 Å². The topological polar surface area (TPSA) is 122 Å². The van der Waals surface area contributed by atoms with E-state index < -0.39 is 32.9 Å². The third-order valence-corrected chi connectivity index (χ3v) is 5.84. The predicted molar refractivity (Wildman–Crippen MR) is 101 cm³/mol. The largest absolute Gasteiger partial charge is 0.479 e. The quantitative estimate of drug-likeness (QED) is 0.643. The minimum atomic E-state index is -3.51. The van der Waals surface area contributed by atoms with Gasteiger partial charge >= 0.3 is 5.97 Å². The zero-order valence-corrected chi connectivity index (χ0v) is 16.9. The van der Waals surface area contributed by atoms with Crippen molar-refractivity contribution in [3.05, 3.63) is 29.3 Å². The van der Waals surface area contributed by atoms with Gasteiger partial charge in [-0.2, -0.15) is 0 Å². The van der Waals surface area contributed by atoms with E-state index in [9.17, 15) is 23.1 Å². The first kappa shape index (κ1) is 21.2. The third-order valence-electron chi connectivity index (χ3n) is 5.25. The standard InChI is InChI=1S/C18H26N2O6S/c1-6-26-14-10-18(16(22)23,17(14,3)4)19-15(21)12-8-7-11(2)13(9-12)20-27(5,24)25/h7-9,14,20H,6,10H2,1-5H3,(H,19,21)(H,22,23). The Morgan fingerprint density at radius 3 is 2.44 bits per heavy atom. The number of carboxylic acid groups (broad SMARTS) is 1. The van der Waals surface area contributed by atoms with Crippen LogP contribution in [0.15, 0.2) is 18.2 Å². The van der Waals surface area contributed by atoms with Gasteiger partial charge in [-0.05, 0) is 31.5 Å². The molecule has 0 radical (unpaired) electrons. The van der Waals surface area contributed by atoms with Crippen LogP contribution in [0, 0.1) is 12.3 Å². The molecule has 1 aromatic carbocycles. The fourth-order valence-corrected chi connectivity index (χ4v) is 4.00. The number of aryl methyl sites for hydroxylation is 1. The lowest BCUT2D eigenvalue weighted by molar-refractivity contribution is -0.190. The normalized spacial score (nSPS) is 24.0. The molecule has 1 fully saturated rings. The Morgan fingerprint density at radius 2 is 1.96 bits per heavy atom. The van der Waals surface area contributed by atoms with E-state index in [2.05, 4.69) is 10.0 Å². The second kappa shape index (κ2) is 7.12. The van der Waals surface area contributed by atoms with Crippen molar-refractivity contribution < 1.29 is 27.9 Å². The molecule has 1 saturated carbocycles. The van der Waals surface area contributed by atoms with Crippen molar-refractivity contribution in [2.45, 2.75) is 45.8 Å². The molecule has 0 spiro atoms. The maximum absolute atomic E-state index is 12.7. The summed E-state index contributed by atoms with van der Waals surface area (Å²) in [7, 11) is -3.51. The first-order chi connectivity index (χ1) is 12.3. The highest BCUT2D eigenvalue weighted by atomic mass is 32.2. The number of rotatable bonds is 7. The lowest BCUT2D eigenvalue weighted by Crippen LogP contribution is -2.76. The van der Waals surface area contributed by atoms with Gasteiger partial charge in [-0.25, -0.2) is 13.2 Å². The van der Waals surface area contributed by atoms with Crippen molar-refractivity contribution in [2.75, 3.05) is 17.6 Å².